The Labute approximate surface area is 160 Å². The molecule has 7 heteroatoms. The third kappa shape index (κ3) is 3.83. The van der Waals surface area contributed by atoms with E-state index < -0.39 is 0 Å². The highest BCUT2D eigenvalue weighted by Gasteiger charge is 2.19. The third-order valence-corrected chi connectivity index (χ3v) is 5.55. The van der Waals surface area contributed by atoms with Crippen LogP contribution in [0.5, 0.6) is 0 Å². The van der Waals surface area contributed by atoms with Gasteiger partial charge in [-0.05, 0) is 43.5 Å². The molecule has 0 spiro atoms. The number of piperidine rings is 1. The summed E-state index contributed by atoms with van der Waals surface area (Å²) in [6.45, 7) is 1.88. The maximum atomic E-state index is 13.9. The molecule has 0 unspecified atom stereocenters. The van der Waals surface area contributed by atoms with Crippen LogP contribution < -0.4 is 10.2 Å². The lowest BCUT2D eigenvalue weighted by molar-refractivity contribution is 0.103. The van der Waals surface area contributed by atoms with Crippen LogP contribution in [0.15, 0.2) is 48.8 Å². The van der Waals surface area contributed by atoms with Crippen LogP contribution in [0.3, 0.4) is 0 Å². The number of amides is 1. The van der Waals surface area contributed by atoms with Crippen molar-refractivity contribution in [3.63, 3.8) is 0 Å². The molecule has 0 saturated carbocycles. The Hall–Kier alpha value is -2.80. The van der Waals surface area contributed by atoms with Crippen molar-refractivity contribution in [2.45, 2.75) is 19.3 Å². The van der Waals surface area contributed by atoms with Crippen LogP contribution >= 0.6 is 11.3 Å². The first kappa shape index (κ1) is 17.6. The quantitative estimate of drug-likeness (QED) is 0.717. The summed E-state index contributed by atoms with van der Waals surface area (Å²) in [7, 11) is 0. The topological polar surface area (TPSA) is 58.1 Å². The summed E-state index contributed by atoms with van der Waals surface area (Å²) in [6.07, 6.45) is 6.71. The minimum absolute atomic E-state index is 0.263. The number of hydrogen-bond acceptors (Lipinski definition) is 5. The molecule has 1 saturated heterocycles. The molecule has 1 aliphatic heterocycles. The monoisotopic (exact) mass is 382 g/mol. The summed E-state index contributed by atoms with van der Waals surface area (Å²) in [5.74, 6) is 0.184. The Balaban J connectivity index is 1.54. The minimum atomic E-state index is -0.349. The maximum Gasteiger partial charge on any atom is 0.267 e. The van der Waals surface area contributed by atoms with Gasteiger partial charge in [0.1, 0.15) is 15.7 Å². The van der Waals surface area contributed by atoms with Crippen LogP contribution in [0.2, 0.25) is 0 Å². The summed E-state index contributed by atoms with van der Waals surface area (Å²) >= 11 is 1.17. The summed E-state index contributed by atoms with van der Waals surface area (Å²) < 4.78 is 13.9. The van der Waals surface area contributed by atoms with E-state index in [2.05, 4.69) is 20.2 Å². The fourth-order valence-corrected chi connectivity index (χ4v) is 4.01. The van der Waals surface area contributed by atoms with E-state index in [0.717, 1.165) is 31.7 Å². The standard InChI is InChI=1S/C20H19FN4OS/c21-15-8-3-2-7-14(15)20-23-13-17(27-20)19(26)24-16-9-6-10-22-18(16)25-11-4-1-5-12-25/h2-3,6-10,13H,1,4-5,11-12H2,(H,24,26). The Kier molecular flexibility index (Phi) is 5.11. The average molecular weight is 382 g/mol. The molecule has 0 atom stereocenters. The number of benzene rings is 1. The van der Waals surface area contributed by atoms with Gasteiger partial charge in [-0.1, -0.05) is 12.1 Å². The van der Waals surface area contributed by atoms with Gasteiger partial charge in [-0.3, -0.25) is 4.79 Å². The molecule has 0 bridgehead atoms. The van der Waals surface area contributed by atoms with E-state index in [-0.39, 0.29) is 11.7 Å². The highest BCUT2D eigenvalue weighted by Crippen LogP contribution is 2.29. The maximum absolute atomic E-state index is 13.9. The fraction of sp³-hybridized carbons (Fsp3) is 0.250. The summed E-state index contributed by atoms with van der Waals surface area (Å²) in [5.41, 5.74) is 1.09. The summed E-state index contributed by atoms with van der Waals surface area (Å²) in [6, 6.07) is 10.1. The lowest BCUT2D eigenvalue weighted by Crippen LogP contribution is -2.31. The average Bonchev–Trinajstić information content (AvgIpc) is 3.19. The van der Waals surface area contributed by atoms with Gasteiger partial charge in [-0.15, -0.1) is 11.3 Å². The molecule has 3 heterocycles. The van der Waals surface area contributed by atoms with Crippen LogP contribution in [0.4, 0.5) is 15.9 Å². The molecule has 1 aliphatic rings. The van der Waals surface area contributed by atoms with E-state index in [1.165, 1.54) is 30.0 Å². The molecule has 0 aliphatic carbocycles. The summed E-state index contributed by atoms with van der Waals surface area (Å²) in [5, 5.41) is 3.42. The van der Waals surface area contributed by atoms with Crippen LogP contribution in [0.1, 0.15) is 28.9 Å². The number of halogens is 1. The fourth-order valence-electron chi connectivity index (χ4n) is 3.17. The molecule has 1 N–H and O–H groups in total. The molecule has 1 amide bonds. The lowest BCUT2D eigenvalue weighted by atomic mass is 10.1. The van der Waals surface area contributed by atoms with Crippen molar-refractivity contribution in [1.29, 1.82) is 0 Å². The first-order chi connectivity index (χ1) is 13.2. The van der Waals surface area contributed by atoms with E-state index in [1.807, 2.05) is 6.07 Å². The predicted octanol–water partition coefficient (Wildman–Crippen LogP) is 4.59. The Morgan fingerprint density at radius 2 is 1.89 bits per heavy atom. The molecule has 4 rings (SSSR count). The van der Waals surface area contributed by atoms with E-state index in [0.29, 0.717) is 21.1 Å². The van der Waals surface area contributed by atoms with E-state index in [4.69, 9.17) is 0 Å². The predicted molar refractivity (Wildman–Crippen MR) is 106 cm³/mol. The molecule has 27 heavy (non-hydrogen) atoms. The number of carbonyl (C=O) groups excluding carboxylic acids is 1. The van der Waals surface area contributed by atoms with Crippen molar-refractivity contribution in [2.24, 2.45) is 0 Å². The third-order valence-electron chi connectivity index (χ3n) is 4.52. The first-order valence-electron chi connectivity index (χ1n) is 8.94. The molecule has 0 radical (unpaired) electrons. The number of pyridine rings is 1. The van der Waals surface area contributed by atoms with E-state index >= 15 is 0 Å². The largest absolute Gasteiger partial charge is 0.355 e. The number of anilines is 2. The molecule has 2 aromatic heterocycles. The van der Waals surface area contributed by atoms with E-state index in [1.54, 1.807) is 30.5 Å². The van der Waals surface area contributed by atoms with Gasteiger partial charge in [0, 0.05) is 24.8 Å². The SMILES string of the molecule is O=C(Nc1cccnc1N1CCCCC1)c1cnc(-c2ccccc2F)s1. The second-order valence-corrected chi connectivity index (χ2v) is 7.42. The number of carbonyl (C=O) groups is 1. The highest BCUT2D eigenvalue weighted by molar-refractivity contribution is 7.17. The van der Waals surface area contributed by atoms with Gasteiger partial charge in [0.05, 0.1) is 11.9 Å². The molecule has 1 fully saturated rings. The van der Waals surface area contributed by atoms with Crippen molar-refractivity contribution < 1.29 is 9.18 Å². The van der Waals surface area contributed by atoms with Crippen molar-refractivity contribution >= 4 is 28.7 Å². The number of hydrogen-bond donors (Lipinski definition) is 1. The van der Waals surface area contributed by atoms with Crippen molar-refractivity contribution in [1.82, 2.24) is 9.97 Å². The van der Waals surface area contributed by atoms with Gasteiger partial charge in [0.2, 0.25) is 0 Å². The number of aromatic nitrogens is 2. The summed E-state index contributed by atoms with van der Waals surface area (Å²) in [4.78, 5) is 24.0. The van der Waals surface area contributed by atoms with Crippen LogP contribution in [0.25, 0.3) is 10.6 Å². The van der Waals surface area contributed by atoms with Crippen molar-refractivity contribution in [3.8, 4) is 10.6 Å². The lowest BCUT2D eigenvalue weighted by Gasteiger charge is -2.29. The van der Waals surface area contributed by atoms with Crippen molar-refractivity contribution in [3.05, 3.63) is 59.5 Å². The highest BCUT2D eigenvalue weighted by atomic mass is 32.1. The normalized spacial score (nSPS) is 14.2. The van der Waals surface area contributed by atoms with Gasteiger partial charge in [0.25, 0.3) is 5.91 Å². The molecule has 138 valence electrons. The number of nitrogens with one attached hydrogen (secondary N) is 1. The second-order valence-electron chi connectivity index (χ2n) is 6.39. The van der Waals surface area contributed by atoms with Gasteiger partial charge in [0.15, 0.2) is 5.82 Å². The Bertz CT molecular complexity index is 952. The Morgan fingerprint density at radius 3 is 2.70 bits per heavy atom. The number of thiazole rings is 1. The van der Waals surface area contributed by atoms with Crippen molar-refractivity contribution in [2.75, 3.05) is 23.3 Å². The van der Waals surface area contributed by atoms with E-state index in [9.17, 15) is 9.18 Å². The number of nitrogens with zero attached hydrogens (tertiary/aromatic N) is 3. The van der Waals surface area contributed by atoms with Gasteiger partial charge in [-0.25, -0.2) is 14.4 Å². The zero-order chi connectivity index (χ0) is 18.6. The zero-order valence-corrected chi connectivity index (χ0v) is 15.5. The zero-order valence-electron chi connectivity index (χ0n) is 14.7. The molecule has 5 nitrogen and oxygen atoms in total. The van der Waals surface area contributed by atoms with Gasteiger partial charge < -0.3 is 10.2 Å². The van der Waals surface area contributed by atoms with Crippen LogP contribution in [0, 0.1) is 5.82 Å². The molecule has 1 aromatic carbocycles. The van der Waals surface area contributed by atoms with Gasteiger partial charge in [-0.2, -0.15) is 0 Å². The minimum Gasteiger partial charge on any atom is -0.355 e. The smallest absolute Gasteiger partial charge is 0.267 e. The number of rotatable bonds is 4. The van der Waals surface area contributed by atoms with Crippen LogP contribution in [-0.4, -0.2) is 29.0 Å². The first-order valence-corrected chi connectivity index (χ1v) is 9.76. The molecular weight excluding hydrogens is 363 g/mol. The molecule has 3 aromatic rings. The van der Waals surface area contributed by atoms with Gasteiger partial charge >= 0.3 is 0 Å². The second kappa shape index (κ2) is 7.84. The Morgan fingerprint density at radius 1 is 1.07 bits per heavy atom. The molecular formula is C20H19FN4OS. The van der Waals surface area contributed by atoms with Crippen LogP contribution in [-0.2, 0) is 0 Å².